The van der Waals surface area contributed by atoms with Gasteiger partial charge in [0.05, 0.1) is 4.90 Å². The van der Waals surface area contributed by atoms with Crippen LogP contribution in [0.1, 0.15) is 63.7 Å². The lowest BCUT2D eigenvalue weighted by Crippen LogP contribution is -2.30. The van der Waals surface area contributed by atoms with Crippen molar-refractivity contribution in [1.82, 2.24) is 9.73 Å². The lowest BCUT2D eigenvalue weighted by molar-refractivity contribution is 0.0954. The van der Waals surface area contributed by atoms with Gasteiger partial charge >= 0.3 is 0 Å². The van der Waals surface area contributed by atoms with Gasteiger partial charge in [-0.1, -0.05) is 46.6 Å². The standard InChI is InChI=1S/C18H29N3O3S/c1-5-10-16(11-6-2)19-20-18(22)15-12-9-13-17(14-15)25(23,24)21(7-3)8-4/h9,12-14H,5-8,10-11H2,1-4H3,(H,20,22). The topological polar surface area (TPSA) is 78.8 Å². The number of carbonyl (C=O) groups is 1. The zero-order valence-electron chi connectivity index (χ0n) is 15.6. The van der Waals surface area contributed by atoms with Crippen molar-refractivity contribution in [3.8, 4) is 0 Å². The number of amides is 1. The van der Waals surface area contributed by atoms with Crippen molar-refractivity contribution < 1.29 is 13.2 Å². The fraction of sp³-hybridized carbons (Fsp3) is 0.556. The van der Waals surface area contributed by atoms with E-state index in [9.17, 15) is 13.2 Å². The molecule has 1 amide bonds. The summed E-state index contributed by atoms with van der Waals surface area (Å²) in [5.41, 5.74) is 3.78. The van der Waals surface area contributed by atoms with Crippen molar-refractivity contribution in [2.75, 3.05) is 13.1 Å². The van der Waals surface area contributed by atoms with Gasteiger partial charge in [0.25, 0.3) is 5.91 Å². The monoisotopic (exact) mass is 367 g/mol. The minimum atomic E-state index is -3.59. The number of nitrogens with one attached hydrogen (secondary N) is 1. The van der Waals surface area contributed by atoms with Gasteiger partial charge in [-0.05, 0) is 31.0 Å². The number of rotatable bonds is 10. The van der Waals surface area contributed by atoms with E-state index in [1.165, 1.54) is 16.4 Å². The van der Waals surface area contributed by atoms with Crippen LogP contribution < -0.4 is 5.43 Å². The number of carbonyl (C=O) groups excluding carboxylic acids is 1. The predicted molar refractivity (Wildman–Crippen MR) is 101 cm³/mol. The Balaban J connectivity index is 3.01. The van der Waals surface area contributed by atoms with E-state index in [0.717, 1.165) is 31.4 Å². The smallest absolute Gasteiger partial charge is 0.267 e. The molecule has 0 radical (unpaired) electrons. The highest BCUT2D eigenvalue weighted by Crippen LogP contribution is 2.17. The SMILES string of the molecule is CCCC(CCC)=NNC(=O)c1cccc(S(=O)(=O)N(CC)CC)c1. The molecular weight excluding hydrogens is 338 g/mol. The van der Waals surface area contributed by atoms with E-state index in [1.807, 2.05) is 0 Å². The summed E-state index contributed by atoms with van der Waals surface area (Å²) in [5.74, 6) is -0.402. The molecule has 0 atom stereocenters. The minimum Gasteiger partial charge on any atom is -0.267 e. The van der Waals surface area contributed by atoms with E-state index in [-0.39, 0.29) is 10.5 Å². The lowest BCUT2D eigenvalue weighted by atomic mass is 10.1. The third kappa shape index (κ3) is 5.93. The van der Waals surface area contributed by atoms with Crippen molar-refractivity contribution in [2.45, 2.75) is 58.3 Å². The largest absolute Gasteiger partial charge is 0.271 e. The maximum atomic E-state index is 12.6. The number of sulfonamides is 1. The Morgan fingerprint density at radius 3 is 2.20 bits per heavy atom. The maximum Gasteiger partial charge on any atom is 0.271 e. The highest BCUT2D eigenvalue weighted by atomic mass is 32.2. The molecule has 0 aliphatic carbocycles. The second-order valence-corrected chi connectivity index (χ2v) is 7.67. The van der Waals surface area contributed by atoms with Crippen LogP contribution in [-0.2, 0) is 10.0 Å². The van der Waals surface area contributed by atoms with Crippen molar-refractivity contribution in [2.24, 2.45) is 5.10 Å². The van der Waals surface area contributed by atoms with E-state index < -0.39 is 15.9 Å². The number of hydrazone groups is 1. The molecular formula is C18H29N3O3S. The van der Waals surface area contributed by atoms with Gasteiger partial charge in [0.15, 0.2) is 0 Å². The Bertz CT molecular complexity index is 687. The van der Waals surface area contributed by atoms with Gasteiger partial charge in [-0.3, -0.25) is 4.79 Å². The number of hydrogen-bond acceptors (Lipinski definition) is 4. The van der Waals surface area contributed by atoms with E-state index >= 15 is 0 Å². The molecule has 0 bridgehead atoms. The van der Waals surface area contributed by atoms with Crippen LogP contribution in [0.2, 0.25) is 0 Å². The zero-order valence-corrected chi connectivity index (χ0v) is 16.4. The van der Waals surface area contributed by atoms with Gasteiger partial charge in [-0.25, -0.2) is 13.8 Å². The molecule has 0 saturated carbocycles. The molecule has 0 spiro atoms. The fourth-order valence-corrected chi connectivity index (χ4v) is 4.02. The quantitative estimate of drug-likeness (QED) is 0.508. The summed E-state index contributed by atoms with van der Waals surface area (Å²) in [4.78, 5) is 12.4. The average molecular weight is 368 g/mol. The number of nitrogens with zero attached hydrogens (tertiary/aromatic N) is 2. The Labute approximate surface area is 151 Å². The van der Waals surface area contributed by atoms with Crippen molar-refractivity contribution in [3.05, 3.63) is 29.8 Å². The maximum absolute atomic E-state index is 12.6. The van der Waals surface area contributed by atoms with E-state index in [1.54, 1.807) is 26.0 Å². The van der Waals surface area contributed by atoms with E-state index in [2.05, 4.69) is 24.4 Å². The lowest BCUT2D eigenvalue weighted by Gasteiger charge is -2.18. The molecule has 0 aliphatic heterocycles. The first kappa shape index (κ1) is 21.3. The molecule has 1 rings (SSSR count). The first-order chi connectivity index (χ1) is 11.9. The molecule has 1 aromatic rings. The molecule has 0 saturated heterocycles. The molecule has 0 fully saturated rings. The molecule has 7 heteroatoms. The molecule has 140 valence electrons. The first-order valence-electron chi connectivity index (χ1n) is 8.86. The Morgan fingerprint density at radius 1 is 1.08 bits per heavy atom. The molecule has 6 nitrogen and oxygen atoms in total. The van der Waals surface area contributed by atoms with Gasteiger partial charge in [0, 0.05) is 24.4 Å². The van der Waals surface area contributed by atoms with E-state index in [0.29, 0.717) is 13.1 Å². The second kappa shape index (κ2) is 10.3. The first-order valence-corrected chi connectivity index (χ1v) is 10.3. The third-order valence-corrected chi connectivity index (χ3v) is 5.88. The third-order valence-electron chi connectivity index (χ3n) is 3.83. The van der Waals surface area contributed by atoms with Crippen LogP contribution in [0.3, 0.4) is 0 Å². The molecule has 1 N–H and O–H groups in total. The zero-order chi connectivity index (χ0) is 18.9. The number of hydrogen-bond donors (Lipinski definition) is 1. The summed E-state index contributed by atoms with van der Waals surface area (Å²) >= 11 is 0. The van der Waals surface area contributed by atoms with Gasteiger partial charge < -0.3 is 0 Å². The summed E-state index contributed by atoms with van der Waals surface area (Å²) in [6.45, 7) is 8.47. The molecule has 0 aromatic heterocycles. The van der Waals surface area contributed by atoms with Crippen molar-refractivity contribution >= 4 is 21.6 Å². The van der Waals surface area contributed by atoms with Crippen LogP contribution in [0.25, 0.3) is 0 Å². The van der Waals surface area contributed by atoms with Crippen LogP contribution >= 0.6 is 0 Å². The Kier molecular flexibility index (Phi) is 8.78. The average Bonchev–Trinajstić information content (AvgIpc) is 2.60. The fourth-order valence-electron chi connectivity index (χ4n) is 2.52. The highest BCUT2D eigenvalue weighted by molar-refractivity contribution is 7.89. The van der Waals surface area contributed by atoms with Gasteiger partial charge in [-0.15, -0.1) is 0 Å². The normalized spacial score (nSPS) is 11.4. The molecule has 25 heavy (non-hydrogen) atoms. The minimum absolute atomic E-state index is 0.121. The predicted octanol–water partition coefficient (Wildman–Crippen LogP) is 3.40. The molecule has 0 unspecified atom stereocenters. The molecule has 1 aromatic carbocycles. The second-order valence-electron chi connectivity index (χ2n) is 5.74. The molecule has 0 heterocycles. The van der Waals surface area contributed by atoms with Gasteiger partial charge in [0.2, 0.25) is 10.0 Å². The van der Waals surface area contributed by atoms with Crippen LogP contribution in [0.5, 0.6) is 0 Å². The summed E-state index contributed by atoms with van der Waals surface area (Å²) < 4.78 is 26.5. The molecule has 0 aliphatic rings. The van der Waals surface area contributed by atoms with Crippen LogP contribution in [-0.4, -0.2) is 37.4 Å². The van der Waals surface area contributed by atoms with Gasteiger partial charge in [-0.2, -0.15) is 9.41 Å². The van der Waals surface area contributed by atoms with Crippen LogP contribution in [0.4, 0.5) is 0 Å². The van der Waals surface area contributed by atoms with Crippen molar-refractivity contribution in [1.29, 1.82) is 0 Å². The Morgan fingerprint density at radius 2 is 1.68 bits per heavy atom. The Hall–Kier alpha value is -1.73. The summed E-state index contributed by atoms with van der Waals surface area (Å²) in [7, 11) is -3.59. The number of benzene rings is 1. The summed E-state index contributed by atoms with van der Waals surface area (Å²) in [5, 5.41) is 4.20. The van der Waals surface area contributed by atoms with E-state index in [4.69, 9.17) is 0 Å². The van der Waals surface area contributed by atoms with Crippen molar-refractivity contribution in [3.63, 3.8) is 0 Å². The van der Waals surface area contributed by atoms with Crippen LogP contribution in [0, 0.1) is 0 Å². The summed E-state index contributed by atoms with van der Waals surface area (Å²) in [6.07, 6.45) is 3.60. The highest BCUT2D eigenvalue weighted by Gasteiger charge is 2.22. The van der Waals surface area contributed by atoms with Gasteiger partial charge in [0.1, 0.15) is 0 Å². The van der Waals surface area contributed by atoms with Crippen LogP contribution in [0.15, 0.2) is 34.3 Å². The summed E-state index contributed by atoms with van der Waals surface area (Å²) in [6, 6.07) is 6.07.